The summed E-state index contributed by atoms with van der Waals surface area (Å²) >= 11 is 3.36. The van der Waals surface area contributed by atoms with Crippen LogP contribution in [-0.4, -0.2) is 35.0 Å². The lowest BCUT2D eigenvalue weighted by Crippen LogP contribution is -2.45. The number of aromatic amines is 1. The van der Waals surface area contributed by atoms with Gasteiger partial charge in [-0.25, -0.2) is 9.59 Å². The van der Waals surface area contributed by atoms with E-state index in [1.165, 1.54) is 6.92 Å². The summed E-state index contributed by atoms with van der Waals surface area (Å²) in [5.41, 5.74) is 0.996. The summed E-state index contributed by atoms with van der Waals surface area (Å²) in [4.78, 5) is 38.7. The number of benzene rings is 1. The number of fused-ring (bicyclic) bond motifs is 1. The molecule has 0 bridgehead atoms. The number of imide groups is 1. The first kappa shape index (κ1) is 16.5. The zero-order valence-electron chi connectivity index (χ0n) is 12.9. The third kappa shape index (κ3) is 3.59. The Balaban J connectivity index is 1.63. The number of hydrogen-bond acceptors (Lipinski definition) is 4. The summed E-state index contributed by atoms with van der Waals surface area (Å²) in [5, 5.41) is 5.63. The molecule has 1 aromatic carbocycles. The summed E-state index contributed by atoms with van der Waals surface area (Å²) in [6, 6.07) is 6.94. The first-order valence-corrected chi connectivity index (χ1v) is 8.33. The minimum Gasteiger partial charge on any atom is -0.448 e. The molecule has 1 aromatic heterocycles. The number of rotatable bonds is 4. The maximum Gasteiger partial charge on any atom is 0.356 e. The predicted octanol–water partition coefficient (Wildman–Crippen LogP) is 2.46. The third-order valence-electron chi connectivity index (χ3n) is 3.65. The number of carbonyl (C=O) groups is 3. The van der Waals surface area contributed by atoms with Crippen LogP contribution in [0, 0.1) is 0 Å². The lowest BCUT2D eigenvalue weighted by molar-refractivity contribution is -0.127. The second-order valence-electron chi connectivity index (χ2n) is 5.64. The SMILES string of the molecule is CC(OC(=O)c1[nH]c2ccccc2c1Br)C(=O)NC(=O)NC1CC1. The Morgan fingerprint density at radius 1 is 1.29 bits per heavy atom. The molecular weight excluding hydrogens is 378 g/mol. The van der Waals surface area contributed by atoms with E-state index in [0.29, 0.717) is 4.47 Å². The summed E-state index contributed by atoms with van der Waals surface area (Å²) in [6.07, 6.45) is 0.738. The third-order valence-corrected chi connectivity index (χ3v) is 4.47. The molecule has 8 heteroatoms. The van der Waals surface area contributed by atoms with E-state index in [9.17, 15) is 14.4 Å². The van der Waals surface area contributed by atoms with Crippen molar-refractivity contribution in [3.63, 3.8) is 0 Å². The first-order chi connectivity index (χ1) is 11.5. The van der Waals surface area contributed by atoms with E-state index in [0.717, 1.165) is 23.7 Å². The van der Waals surface area contributed by atoms with Crippen LogP contribution in [0.25, 0.3) is 10.9 Å². The lowest BCUT2D eigenvalue weighted by Gasteiger charge is -2.12. The number of para-hydroxylation sites is 1. The molecule has 3 rings (SSSR count). The summed E-state index contributed by atoms with van der Waals surface area (Å²) in [6.45, 7) is 1.41. The molecule has 7 nitrogen and oxygen atoms in total. The van der Waals surface area contributed by atoms with E-state index in [-0.39, 0.29) is 11.7 Å². The number of halogens is 1. The second kappa shape index (κ2) is 6.64. The Morgan fingerprint density at radius 2 is 2.00 bits per heavy atom. The number of aromatic nitrogens is 1. The number of nitrogens with one attached hydrogen (secondary N) is 3. The van der Waals surface area contributed by atoms with E-state index in [1.54, 1.807) is 0 Å². The van der Waals surface area contributed by atoms with Gasteiger partial charge in [-0.2, -0.15) is 0 Å². The zero-order valence-corrected chi connectivity index (χ0v) is 14.5. The molecule has 1 atom stereocenters. The van der Waals surface area contributed by atoms with Gasteiger partial charge in [-0.15, -0.1) is 0 Å². The molecule has 0 saturated heterocycles. The molecule has 1 unspecified atom stereocenters. The van der Waals surface area contributed by atoms with Crippen molar-refractivity contribution in [1.29, 1.82) is 0 Å². The van der Waals surface area contributed by atoms with Gasteiger partial charge in [0.2, 0.25) is 0 Å². The highest BCUT2D eigenvalue weighted by molar-refractivity contribution is 9.10. The van der Waals surface area contributed by atoms with Gasteiger partial charge in [0.25, 0.3) is 5.91 Å². The van der Waals surface area contributed by atoms with E-state index >= 15 is 0 Å². The molecular formula is C16H16BrN3O4. The lowest BCUT2D eigenvalue weighted by atomic mass is 10.2. The largest absolute Gasteiger partial charge is 0.448 e. The van der Waals surface area contributed by atoms with Crippen LogP contribution in [-0.2, 0) is 9.53 Å². The van der Waals surface area contributed by atoms with Gasteiger partial charge >= 0.3 is 12.0 Å². The fraction of sp³-hybridized carbons (Fsp3) is 0.312. The summed E-state index contributed by atoms with van der Waals surface area (Å²) in [7, 11) is 0. The Kier molecular flexibility index (Phi) is 4.57. The van der Waals surface area contributed by atoms with Crippen LogP contribution in [0.3, 0.4) is 0 Å². The maximum absolute atomic E-state index is 12.3. The molecule has 1 fully saturated rings. The first-order valence-electron chi connectivity index (χ1n) is 7.54. The van der Waals surface area contributed by atoms with E-state index in [4.69, 9.17) is 4.74 Å². The van der Waals surface area contributed by atoms with E-state index < -0.39 is 24.0 Å². The number of urea groups is 1. The molecule has 2 aromatic rings. The Morgan fingerprint density at radius 3 is 2.67 bits per heavy atom. The smallest absolute Gasteiger partial charge is 0.356 e. The van der Waals surface area contributed by atoms with Crippen molar-refractivity contribution in [2.45, 2.75) is 31.9 Å². The molecule has 24 heavy (non-hydrogen) atoms. The van der Waals surface area contributed by atoms with Gasteiger partial charge in [0.05, 0.1) is 4.47 Å². The average molecular weight is 394 g/mol. The fourth-order valence-corrected chi connectivity index (χ4v) is 2.79. The second-order valence-corrected chi connectivity index (χ2v) is 6.44. The maximum atomic E-state index is 12.3. The molecule has 3 N–H and O–H groups in total. The monoisotopic (exact) mass is 393 g/mol. The minimum absolute atomic E-state index is 0.137. The minimum atomic E-state index is -1.10. The van der Waals surface area contributed by atoms with Crippen LogP contribution >= 0.6 is 15.9 Å². The van der Waals surface area contributed by atoms with Gasteiger partial charge in [0.15, 0.2) is 6.10 Å². The average Bonchev–Trinajstić information content (AvgIpc) is 3.29. The van der Waals surface area contributed by atoms with E-state index in [2.05, 4.69) is 31.5 Å². The number of hydrogen-bond donors (Lipinski definition) is 3. The predicted molar refractivity (Wildman–Crippen MR) is 90.6 cm³/mol. The van der Waals surface area contributed by atoms with Gasteiger partial charge in [0.1, 0.15) is 5.69 Å². The highest BCUT2D eigenvalue weighted by Gasteiger charge is 2.27. The van der Waals surface area contributed by atoms with Gasteiger partial charge in [-0.1, -0.05) is 18.2 Å². The number of carbonyl (C=O) groups excluding carboxylic acids is 3. The fourth-order valence-electron chi connectivity index (χ4n) is 2.18. The van der Waals surface area contributed by atoms with Gasteiger partial charge in [0, 0.05) is 16.9 Å². The molecule has 1 aliphatic rings. The van der Waals surface area contributed by atoms with Crippen LogP contribution in [0.4, 0.5) is 4.79 Å². The number of H-pyrrole nitrogens is 1. The molecule has 0 radical (unpaired) electrons. The van der Waals surface area contributed by atoms with Crippen molar-refractivity contribution < 1.29 is 19.1 Å². The van der Waals surface area contributed by atoms with Crippen LogP contribution in [0.1, 0.15) is 30.3 Å². The molecule has 1 saturated carbocycles. The molecule has 1 aliphatic carbocycles. The van der Waals surface area contributed by atoms with Crippen molar-refractivity contribution >= 4 is 44.7 Å². The highest BCUT2D eigenvalue weighted by Crippen LogP contribution is 2.28. The van der Waals surface area contributed by atoms with Crippen LogP contribution in [0.5, 0.6) is 0 Å². The van der Waals surface area contributed by atoms with Crippen molar-refractivity contribution in [1.82, 2.24) is 15.6 Å². The van der Waals surface area contributed by atoms with Crippen molar-refractivity contribution in [3.05, 3.63) is 34.4 Å². The Bertz CT molecular complexity index is 813. The highest BCUT2D eigenvalue weighted by atomic mass is 79.9. The van der Waals surface area contributed by atoms with Crippen molar-refractivity contribution in [2.24, 2.45) is 0 Å². The van der Waals surface area contributed by atoms with Crippen molar-refractivity contribution in [2.75, 3.05) is 0 Å². The zero-order chi connectivity index (χ0) is 17.3. The number of ether oxygens (including phenoxy) is 1. The standard InChI is InChI=1S/C16H16BrN3O4/c1-8(14(21)20-16(23)18-9-6-7-9)24-15(22)13-12(17)10-4-2-3-5-11(10)19-13/h2-5,8-9,19H,6-7H2,1H3,(H2,18,20,21,23). The van der Waals surface area contributed by atoms with Crippen molar-refractivity contribution in [3.8, 4) is 0 Å². The molecule has 1 heterocycles. The normalized spacial score (nSPS) is 14.9. The number of esters is 1. The topological polar surface area (TPSA) is 100 Å². The molecule has 0 aliphatic heterocycles. The quantitative estimate of drug-likeness (QED) is 0.694. The van der Waals surface area contributed by atoms with E-state index in [1.807, 2.05) is 24.3 Å². The molecule has 126 valence electrons. The Labute approximate surface area is 146 Å². The van der Waals surface area contributed by atoms with Crippen LogP contribution in [0.15, 0.2) is 28.7 Å². The van der Waals surface area contributed by atoms with Crippen LogP contribution in [0.2, 0.25) is 0 Å². The summed E-state index contributed by atoms with van der Waals surface area (Å²) < 4.78 is 5.71. The van der Waals surface area contributed by atoms with Crippen LogP contribution < -0.4 is 10.6 Å². The number of amides is 3. The Hall–Kier alpha value is -2.35. The van der Waals surface area contributed by atoms with Gasteiger partial charge in [-0.3, -0.25) is 10.1 Å². The van der Waals surface area contributed by atoms with Gasteiger partial charge < -0.3 is 15.0 Å². The summed E-state index contributed by atoms with van der Waals surface area (Å²) in [5.74, 6) is -1.35. The molecule has 3 amide bonds. The van der Waals surface area contributed by atoms with Gasteiger partial charge in [-0.05, 0) is 41.8 Å². The molecule has 0 spiro atoms.